The van der Waals surface area contributed by atoms with Crippen molar-refractivity contribution in [3.63, 3.8) is 0 Å². The summed E-state index contributed by atoms with van der Waals surface area (Å²) in [6.07, 6.45) is 0.810. The van der Waals surface area contributed by atoms with Crippen LogP contribution in [-0.4, -0.2) is 24.5 Å². The molecular weight excluding hydrogens is 248 g/mol. The lowest BCUT2D eigenvalue weighted by atomic mass is 10.1. The topological polar surface area (TPSA) is 41.1 Å². The molecule has 0 aliphatic carbocycles. The molecule has 18 heavy (non-hydrogen) atoms. The molecule has 0 aliphatic rings. The van der Waals surface area contributed by atoms with E-state index in [-0.39, 0.29) is 11.9 Å². The zero-order chi connectivity index (χ0) is 13.5. The van der Waals surface area contributed by atoms with Crippen LogP contribution in [-0.2, 0) is 11.2 Å². The Morgan fingerprint density at radius 2 is 1.83 bits per heavy atom. The van der Waals surface area contributed by atoms with E-state index in [1.807, 2.05) is 45.0 Å². The summed E-state index contributed by atoms with van der Waals surface area (Å²) in [5, 5.41) is 6.79. The van der Waals surface area contributed by atoms with Crippen LogP contribution in [0, 0.1) is 0 Å². The van der Waals surface area contributed by atoms with E-state index in [2.05, 4.69) is 10.6 Å². The van der Waals surface area contributed by atoms with Crippen molar-refractivity contribution in [3.8, 4) is 0 Å². The molecule has 0 bridgehead atoms. The monoisotopic (exact) mass is 268 g/mol. The van der Waals surface area contributed by atoms with E-state index in [9.17, 15) is 4.79 Å². The van der Waals surface area contributed by atoms with Gasteiger partial charge in [-0.3, -0.25) is 4.79 Å². The van der Waals surface area contributed by atoms with Crippen molar-refractivity contribution in [1.82, 2.24) is 10.6 Å². The van der Waals surface area contributed by atoms with Crippen LogP contribution in [0.5, 0.6) is 0 Å². The summed E-state index contributed by atoms with van der Waals surface area (Å²) in [6.45, 7) is 6.40. The van der Waals surface area contributed by atoms with Gasteiger partial charge >= 0.3 is 0 Å². The Balaban J connectivity index is 2.34. The van der Waals surface area contributed by atoms with Crippen LogP contribution in [0.25, 0.3) is 0 Å². The second kappa shape index (κ2) is 7.39. The number of halogens is 1. The van der Waals surface area contributed by atoms with Gasteiger partial charge in [0.1, 0.15) is 0 Å². The van der Waals surface area contributed by atoms with Crippen molar-refractivity contribution in [2.24, 2.45) is 0 Å². The molecule has 0 aliphatic heterocycles. The van der Waals surface area contributed by atoms with Gasteiger partial charge in [-0.15, -0.1) is 0 Å². The molecule has 100 valence electrons. The van der Waals surface area contributed by atoms with Crippen molar-refractivity contribution < 1.29 is 4.79 Å². The molecule has 2 N–H and O–H groups in total. The molecule has 0 saturated heterocycles. The number of hydrogen-bond donors (Lipinski definition) is 2. The number of nitrogens with one attached hydrogen (secondary N) is 2. The van der Waals surface area contributed by atoms with Crippen molar-refractivity contribution >= 4 is 17.5 Å². The predicted molar refractivity (Wildman–Crippen MR) is 75.9 cm³/mol. The van der Waals surface area contributed by atoms with Crippen molar-refractivity contribution in [1.29, 1.82) is 0 Å². The highest BCUT2D eigenvalue weighted by molar-refractivity contribution is 6.30. The van der Waals surface area contributed by atoms with Crippen LogP contribution >= 0.6 is 11.6 Å². The summed E-state index contributed by atoms with van der Waals surface area (Å²) in [5.41, 5.74) is 1.17. The van der Waals surface area contributed by atoms with Gasteiger partial charge in [-0.25, -0.2) is 0 Å². The molecule has 4 heteroatoms. The third kappa shape index (κ3) is 6.03. The first-order valence-electron chi connectivity index (χ1n) is 6.24. The van der Waals surface area contributed by atoms with Gasteiger partial charge in [0.15, 0.2) is 0 Å². The SMILES string of the molecule is CC(C)NCC(=O)NC(C)Cc1ccc(Cl)cc1. The zero-order valence-corrected chi connectivity index (χ0v) is 11.9. The number of rotatable bonds is 6. The van der Waals surface area contributed by atoms with Gasteiger partial charge in [0.05, 0.1) is 6.54 Å². The summed E-state index contributed by atoms with van der Waals surface area (Å²) in [4.78, 5) is 11.6. The van der Waals surface area contributed by atoms with Crippen molar-refractivity contribution in [2.45, 2.75) is 39.3 Å². The summed E-state index contributed by atoms with van der Waals surface area (Å²) in [7, 11) is 0. The standard InChI is InChI=1S/C14H21ClN2O/c1-10(2)16-9-14(18)17-11(3)8-12-4-6-13(15)7-5-12/h4-7,10-11,16H,8-9H2,1-3H3,(H,17,18). The second-order valence-electron chi connectivity index (χ2n) is 4.83. The van der Waals surface area contributed by atoms with Gasteiger partial charge < -0.3 is 10.6 Å². The lowest BCUT2D eigenvalue weighted by Crippen LogP contribution is -2.41. The van der Waals surface area contributed by atoms with E-state index in [0.717, 1.165) is 11.4 Å². The summed E-state index contributed by atoms with van der Waals surface area (Å²) >= 11 is 5.83. The largest absolute Gasteiger partial charge is 0.352 e. The van der Waals surface area contributed by atoms with Gasteiger partial charge in [0, 0.05) is 17.1 Å². The molecular formula is C14H21ClN2O. The first-order valence-corrected chi connectivity index (χ1v) is 6.62. The van der Waals surface area contributed by atoms with Crippen molar-refractivity contribution in [2.75, 3.05) is 6.54 Å². The normalized spacial score (nSPS) is 12.5. The highest BCUT2D eigenvalue weighted by Crippen LogP contribution is 2.10. The molecule has 1 rings (SSSR count). The van der Waals surface area contributed by atoms with Crippen LogP contribution in [0.1, 0.15) is 26.3 Å². The third-order valence-electron chi connectivity index (χ3n) is 2.53. The maximum absolute atomic E-state index is 11.6. The molecule has 0 saturated carbocycles. The fourth-order valence-corrected chi connectivity index (χ4v) is 1.77. The maximum Gasteiger partial charge on any atom is 0.234 e. The van der Waals surface area contributed by atoms with Crippen LogP contribution < -0.4 is 10.6 Å². The molecule has 1 amide bonds. The fourth-order valence-electron chi connectivity index (χ4n) is 1.65. The minimum absolute atomic E-state index is 0.0326. The van der Waals surface area contributed by atoms with E-state index in [1.165, 1.54) is 5.56 Å². The first kappa shape index (κ1) is 15.0. The number of hydrogen-bond acceptors (Lipinski definition) is 2. The third-order valence-corrected chi connectivity index (χ3v) is 2.79. The molecule has 0 heterocycles. The first-order chi connectivity index (χ1) is 8.47. The Morgan fingerprint density at radius 1 is 1.22 bits per heavy atom. The molecule has 1 unspecified atom stereocenters. The number of carbonyl (C=O) groups is 1. The number of carbonyl (C=O) groups excluding carboxylic acids is 1. The maximum atomic E-state index is 11.6. The van der Waals surface area contributed by atoms with Crippen LogP contribution in [0.15, 0.2) is 24.3 Å². The Kier molecular flexibility index (Phi) is 6.16. The van der Waals surface area contributed by atoms with Crippen LogP contribution in [0.3, 0.4) is 0 Å². The highest BCUT2D eigenvalue weighted by atomic mass is 35.5. The average Bonchev–Trinajstić information content (AvgIpc) is 2.29. The quantitative estimate of drug-likeness (QED) is 0.832. The van der Waals surface area contributed by atoms with Gasteiger partial charge in [-0.05, 0) is 31.0 Å². The van der Waals surface area contributed by atoms with E-state index >= 15 is 0 Å². The van der Waals surface area contributed by atoms with Crippen LogP contribution in [0.2, 0.25) is 5.02 Å². The summed E-state index contributed by atoms with van der Waals surface area (Å²) in [5.74, 6) is 0.0326. The molecule has 0 radical (unpaired) electrons. The molecule has 1 atom stereocenters. The highest BCUT2D eigenvalue weighted by Gasteiger charge is 2.08. The van der Waals surface area contributed by atoms with Gasteiger partial charge in [-0.1, -0.05) is 37.6 Å². The van der Waals surface area contributed by atoms with Crippen molar-refractivity contribution in [3.05, 3.63) is 34.9 Å². The molecule has 0 spiro atoms. The smallest absolute Gasteiger partial charge is 0.234 e. The lowest BCUT2D eigenvalue weighted by molar-refractivity contribution is -0.120. The second-order valence-corrected chi connectivity index (χ2v) is 5.27. The Bertz CT molecular complexity index is 376. The Morgan fingerprint density at radius 3 is 2.39 bits per heavy atom. The van der Waals surface area contributed by atoms with Crippen LogP contribution in [0.4, 0.5) is 0 Å². The molecule has 1 aromatic rings. The van der Waals surface area contributed by atoms with E-state index < -0.39 is 0 Å². The van der Waals surface area contributed by atoms with E-state index in [0.29, 0.717) is 12.6 Å². The lowest BCUT2D eigenvalue weighted by Gasteiger charge is -2.15. The summed E-state index contributed by atoms with van der Waals surface area (Å²) in [6, 6.07) is 8.14. The van der Waals surface area contributed by atoms with E-state index in [1.54, 1.807) is 0 Å². The average molecular weight is 269 g/mol. The minimum Gasteiger partial charge on any atom is -0.352 e. The fraction of sp³-hybridized carbons (Fsp3) is 0.500. The Labute approximate surface area is 114 Å². The van der Waals surface area contributed by atoms with E-state index in [4.69, 9.17) is 11.6 Å². The molecule has 0 fully saturated rings. The summed E-state index contributed by atoms with van der Waals surface area (Å²) < 4.78 is 0. The number of amides is 1. The molecule has 3 nitrogen and oxygen atoms in total. The minimum atomic E-state index is 0.0326. The molecule has 0 aromatic heterocycles. The molecule has 1 aromatic carbocycles. The Hall–Kier alpha value is -1.06. The predicted octanol–water partition coefficient (Wildman–Crippen LogP) is 2.39. The van der Waals surface area contributed by atoms with Gasteiger partial charge in [-0.2, -0.15) is 0 Å². The van der Waals surface area contributed by atoms with Gasteiger partial charge in [0.2, 0.25) is 5.91 Å². The number of benzene rings is 1. The van der Waals surface area contributed by atoms with Gasteiger partial charge in [0.25, 0.3) is 0 Å². The zero-order valence-electron chi connectivity index (χ0n) is 11.2.